The first kappa shape index (κ1) is 18.7. The molecule has 6 heteroatoms. The summed E-state index contributed by atoms with van der Waals surface area (Å²) in [5.74, 6) is 0.498. The molecule has 4 rings (SSSR count). The zero-order valence-corrected chi connectivity index (χ0v) is 15.5. The summed E-state index contributed by atoms with van der Waals surface area (Å²) < 4.78 is 19.1. The molecule has 1 atom stereocenters. The van der Waals surface area contributed by atoms with Crippen molar-refractivity contribution < 1.29 is 14.2 Å². The van der Waals surface area contributed by atoms with Crippen molar-refractivity contribution in [2.45, 2.75) is 25.0 Å². The van der Waals surface area contributed by atoms with E-state index < -0.39 is 6.10 Å². The highest BCUT2D eigenvalue weighted by Crippen LogP contribution is 2.24. The second-order valence-electron chi connectivity index (χ2n) is 7.26. The molecule has 0 amide bonds. The van der Waals surface area contributed by atoms with Gasteiger partial charge >= 0.3 is 0 Å². The van der Waals surface area contributed by atoms with Gasteiger partial charge in [0.15, 0.2) is 0 Å². The first-order valence-corrected chi connectivity index (χ1v) is 9.52. The Morgan fingerprint density at radius 2 is 1.86 bits per heavy atom. The zero-order chi connectivity index (χ0) is 19.5. The highest BCUT2D eigenvalue weighted by atomic mass is 19.1. The number of rotatable bonds is 5. The number of aliphatic hydroxyl groups excluding tert-OH is 1. The predicted octanol–water partition coefficient (Wildman–Crippen LogP) is 3.24. The Labute approximate surface area is 162 Å². The van der Waals surface area contributed by atoms with Crippen LogP contribution < -0.4 is 10.3 Å². The van der Waals surface area contributed by atoms with Crippen molar-refractivity contribution in [1.29, 1.82) is 0 Å². The van der Waals surface area contributed by atoms with Gasteiger partial charge in [-0.3, -0.25) is 4.79 Å². The lowest BCUT2D eigenvalue weighted by atomic mass is 10.0. The number of pyridine rings is 1. The lowest BCUT2D eigenvalue weighted by Crippen LogP contribution is -2.40. The van der Waals surface area contributed by atoms with Gasteiger partial charge in [0.1, 0.15) is 17.7 Å². The zero-order valence-electron chi connectivity index (χ0n) is 15.5. The second-order valence-corrected chi connectivity index (χ2v) is 7.26. The van der Waals surface area contributed by atoms with Crippen molar-refractivity contribution in [3.63, 3.8) is 0 Å². The number of β-amino-alcohol motifs (C(OH)–C–C–N with tert-alkyl or cyclic N) is 1. The van der Waals surface area contributed by atoms with Gasteiger partial charge < -0.3 is 19.7 Å². The summed E-state index contributed by atoms with van der Waals surface area (Å²) in [6.45, 7) is 2.20. The van der Waals surface area contributed by atoms with Gasteiger partial charge in [-0.25, -0.2) is 4.39 Å². The molecule has 1 aromatic heterocycles. The van der Waals surface area contributed by atoms with Crippen LogP contribution in [0.15, 0.2) is 59.4 Å². The number of H-pyrrole nitrogens is 1. The number of hydrogen-bond acceptors (Lipinski definition) is 4. The normalized spacial score (nSPS) is 16.9. The lowest BCUT2D eigenvalue weighted by molar-refractivity contribution is 0.0610. The van der Waals surface area contributed by atoms with Crippen molar-refractivity contribution in [2.75, 3.05) is 19.6 Å². The van der Waals surface area contributed by atoms with Crippen LogP contribution in [-0.2, 0) is 0 Å². The maximum Gasteiger partial charge on any atom is 0.248 e. The first-order chi connectivity index (χ1) is 13.6. The number of halogens is 1. The molecule has 0 saturated carbocycles. The van der Waals surface area contributed by atoms with E-state index in [-0.39, 0.29) is 17.5 Å². The second kappa shape index (κ2) is 8.12. The number of piperidine rings is 1. The third kappa shape index (κ3) is 4.40. The summed E-state index contributed by atoms with van der Waals surface area (Å²) >= 11 is 0. The van der Waals surface area contributed by atoms with Crippen molar-refractivity contribution in [3.05, 3.63) is 76.3 Å². The topological polar surface area (TPSA) is 65.6 Å². The molecule has 2 N–H and O–H groups in total. The van der Waals surface area contributed by atoms with Crippen LogP contribution in [0.2, 0.25) is 0 Å². The van der Waals surface area contributed by atoms with Crippen LogP contribution in [0, 0.1) is 5.82 Å². The van der Waals surface area contributed by atoms with Gasteiger partial charge in [0, 0.05) is 36.6 Å². The van der Waals surface area contributed by atoms with Gasteiger partial charge in [0.2, 0.25) is 5.56 Å². The van der Waals surface area contributed by atoms with E-state index in [0.717, 1.165) is 48.1 Å². The fourth-order valence-electron chi connectivity index (χ4n) is 3.64. The van der Waals surface area contributed by atoms with E-state index in [9.17, 15) is 14.3 Å². The molecule has 1 fully saturated rings. The average Bonchev–Trinajstić information content (AvgIpc) is 2.70. The Balaban J connectivity index is 1.31. The van der Waals surface area contributed by atoms with Crippen LogP contribution >= 0.6 is 0 Å². The van der Waals surface area contributed by atoms with Crippen LogP contribution in [0.4, 0.5) is 4.39 Å². The molecule has 5 nitrogen and oxygen atoms in total. The first-order valence-electron chi connectivity index (χ1n) is 9.52. The Morgan fingerprint density at radius 3 is 2.61 bits per heavy atom. The summed E-state index contributed by atoms with van der Waals surface area (Å²) in [6, 6.07) is 15.0. The van der Waals surface area contributed by atoms with Gasteiger partial charge in [-0.05, 0) is 54.8 Å². The maximum atomic E-state index is 13.0. The Morgan fingerprint density at radius 1 is 1.11 bits per heavy atom. The van der Waals surface area contributed by atoms with E-state index in [1.165, 1.54) is 18.2 Å². The average molecular weight is 382 g/mol. The fraction of sp³-hybridized carbons (Fsp3) is 0.318. The third-order valence-electron chi connectivity index (χ3n) is 5.22. The van der Waals surface area contributed by atoms with Crippen molar-refractivity contribution in [1.82, 2.24) is 9.88 Å². The van der Waals surface area contributed by atoms with Gasteiger partial charge in [-0.2, -0.15) is 0 Å². The number of ether oxygens (including phenoxy) is 1. The predicted molar refractivity (Wildman–Crippen MR) is 106 cm³/mol. The van der Waals surface area contributed by atoms with Crippen LogP contribution in [0.3, 0.4) is 0 Å². The monoisotopic (exact) mass is 382 g/mol. The molecule has 1 aliphatic rings. The summed E-state index contributed by atoms with van der Waals surface area (Å²) in [6.07, 6.45) is 1.25. The molecule has 2 aromatic carbocycles. The quantitative estimate of drug-likeness (QED) is 0.711. The number of fused-ring (bicyclic) bond motifs is 1. The molecule has 146 valence electrons. The van der Waals surface area contributed by atoms with Crippen molar-refractivity contribution in [3.8, 4) is 5.75 Å². The standard InChI is InChI=1S/C22H23FN2O3/c23-17-4-1-15(2-5-17)21(26)14-25-11-9-18(10-12-25)28-19-6-7-20-16(13-19)3-8-22(27)24-20/h1-8,13,18,21,26H,9-12,14H2,(H,24,27). The van der Waals surface area contributed by atoms with E-state index in [1.807, 2.05) is 18.2 Å². The summed E-state index contributed by atoms with van der Waals surface area (Å²) in [5, 5.41) is 11.3. The van der Waals surface area contributed by atoms with Crippen LogP contribution in [0.25, 0.3) is 10.9 Å². The van der Waals surface area contributed by atoms with Gasteiger partial charge in [-0.15, -0.1) is 0 Å². The van der Waals surface area contributed by atoms with Crippen molar-refractivity contribution >= 4 is 10.9 Å². The largest absolute Gasteiger partial charge is 0.490 e. The molecule has 1 aliphatic heterocycles. The third-order valence-corrected chi connectivity index (χ3v) is 5.22. The number of nitrogens with one attached hydrogen (secondary N) is 1. The highest BCUT2D eigenvalue weighted by Gasteiger charge is 2.22. The summed E-state index contributed by atoms with van der Waals surface area (Å²) in [5.41, 5.74) is 1.41. The summed E-state index contributed by atoms with van der Waals surface area (Å²) in [4.78, 5) is 16.4. The van der Waals surface area contributed by atoms with E-state index in [1.54, 1.807) is 18.2 Å². The van der Waals surface area contributed by atoms with Gasteiger partial charge in [0.25, 0.3) is 0 Å². The molecule has 0 bridgehead atoms. The van der Waals surface area contributed by atoms with Crippen LogP contribution in [-0.4, -0.2) is 40.7 Å². The Bertz CT molecular complexity index is 995. The minimum Gasteiger partial charge on any atom is -0.490 e. The molecule has 1 unspecified atom stereocenters. The molecule has 0 radical (unpaired) electrons. The number of aromatic nitrogens is 1. The Hall–Kier alpha value is -2.70. The Kier molecular flexibility index (Phi) is 5.41. The van der Waals surface area contributed by atoms with Gasteiger partial charge in [0.05, 0.1) is 6.10 Å². The molecule has 1 saturated heterocycles. The fourth-order valence-corrected chi connectivity index (χ4v) is 3.64. The lowest BCUT2D eigenvalue weighted by Gasteiger charge is -2.33. The van der Waals surface area contributed by atoms with E-state index in [0.29, 0.717) is 6.54 Å². The number of benzene rings is 2. The number of aromatic amines is 1. The summed E-state index contributed by atoms with van der Waals surface area (Å²) in [7, 11) is 0. The van der Waals surface area contributed by atoms with E-state index in [4.69, 9.17) is 4.74 Å². The number of aliphatic hydroxyl groups is 1. The molecular weight excluding hydrogens is 359 g/mol. The molecule has 2 heterocycles. The molecule has 28 heavy (non-hydrogen) atoms. The number of hydrogen-bond donors (Lipinski definition) is 2. The number of nitrogens with zero attached hydrogens (tertiary/aromatic N) is 1. The van der Waals surface area contributed by atoms with E-state index in [2.05, 4.69) is 9.88 Å². The molecule has 3 aromatic rings. The van der Waals surface area contributed by atoms with Gasteiger partial charge in [-0.1, -0.05) is 12.1 Å². The highest BCUT2D eigenvalue weighted by molar-refractivity contribution is 5.79. The van der Waals surface area contributed by atoms with Crippen molar-refractivity contribution in [2.24, 2.45) is 0 Å². The minimum atomic E-state index is -0.624. The minimum absolute atomic E-state index is 0.114. The smallest absolute Gasteiger partial charge is 0.248 e. The molecule has 0 aliphatic carbocycles. The van der Waals surface area contributed by atoms with Crippen LogP contribution in [0.1, 0.15) is 24.5 Å². The SMILES string of the molecule is O=c1ccc2cc(OC3CCN(CC(O)c4ccc(F)cc4)CC3)ccc2[nH]1. The number of likely N-dealkylation sites (tertiary alicyclic amines) is 1. The van der Waals surface area contributed by atoms with Crippen LogP contribution in [0.5, 0.6) is 5.75 Å². The van der Waals surface area contributed by atoms with E-state index >= 15 is 0 Å². The molecular formula is C22H23FN2O3. The maximum absolute atomic E-state index is 13.0. The molecule has 0 spiro atoms.